The van der Waals surface area contributed by atoms with E-state index in [-0.39, 0.29) is 25.7 Å². The van der Waals surface area contributed by atoms with Gasteiger partial charge in [0.2, 0.25) is 0 Å². The molecule has 2 rings (SSSR count). The third kappa shape index (κ3) is 2.87. The summed E-state index contributed by atoms with van der Waals surface area (Å²) in [4.78, 5) is 0.0599. The van der Waals surface area contributed by atoms with E-state index in [0.717, 1.165) is 0 Å². The standard InChI is InChI=1S/C12H9Cl3N2O2S/c13-10-6-8(7-11(14)12(10)15)17(16)20(18,19)9-4-2-1-3-5-9/h1-7H,16H2. The normalized spacial score (nSPS) is 11.4. The largest absolute Gasteiger partial charge is 0.277 e. The first-order chi connectivity index (χ1) is 9.34. The number of hydrazine groups is 1. The second kappa shape index (κ2) is 5.79. The van der Waals surface area contributed by atoms with Crippen molar-refractivity contribution in [3.8, 4) is 0 Å². The van der Waals surface area contributed by atoms with E-state index in [1.807, 2.05) is 0 Å². The fraction of sp³-hybridized carbons (Fsp3) is 0. The number of nitrogens with zero attached hydrogens (tertiary/aromatic N) is 1. The minimum absolute atomic E-state index is 0.0599. The molecule has 8 heteroatoms. The van der Waals surface area contributed by atoms with E-state index in [2.05, 4.69) is 0 Å². The second-order valence-corrected chi connectivity index (χ2v) is 6.84. The van der Waals surface area contributed by atoms with Crippen LogP contribution in [0.4, 0.5) is 5.69 Å². The van der Waals surface area contributed by atoms with Crippen LogP contribution < -0.4 is 10.3 Å². The number of benzene rings is 2. The van der Waals surface area contributed by atoms with Gasteiger partial charge in [-0.3, -0.25) is 0 Å². The lowest BCUT2D eigenvalue weighted by atomic mass is 10.3. The molecule has 0 radical (unpaired) electrons. The summed E-state index contributed by atoms with van der Waals surface area (Å²) in [6.07, 6.45) is 0. The number of rotatable bonds is 3. The van der Waals surface area contributed by atoms with Crippen LogP contribution in [0.3, 0.4) is 0 Å². The molecule has 2 aromatic carbocycles. The summed E-state index contributed by atoms with van der Waals surface area (Å²) >= 11 is 17.5. The Kier molecular flexibility index (Phi) is 4.46. The van der Waals surface area contributed by atoms with Gasteiger partial charge in [0.1, 0.15) is 0 Å². The maximum Gasteiger partial charge on any atom is 0.277 e. The van der Waals surface area contributed by atoms with Crippen molar-refractivity contribution < 1.29 is 8.42 Å². The van der Waals surface area contributed by atoms with Crippen molar-refractivity contribution in [3.63, 3.8) is 0 Å². The molecule has 0 atom stereocenters. The van der Waals surface area contributed by atoms with Gasteiger partial charge in [-0.2, -0.15) is 8.42 Å². The predicted octanol–water partition coefficient (Wildman–Crippen LogP) is 3.72. The first kappa shape index (κ1) is 15.4. The molecule has 0 aliphatic rings. The first-order valence-corrected chi connectivity index (χ1v) is 7.91. The zero-order chi connectivity index (χ0) is 14.9. The zero-order valence-corrected chi connectivity index (χ0v) is 13.0. The Balaban J connectivity index is 2.49. The van der Waals surface area contributed by atoms with Gasteiger partial charge in [-0.1, -0.05) is 53.0 Å². The topological polar surface area (TPSA) is 63.4 Å². The molecule has 0 aliphatic carbocycles. The maximum atomic E-state index is 12.3. The Morgan fingerprint density at radius 1 is 0.950 bits per heavy atom. The monoisotopic (exact) mass is 350 g/mol. The van der Waals surface area contributed by atoms with Crippen LogP contribution in [-0.2, 0) is 10.0 Å². The van der Waals surface area contributed by atoms with Crippen LogP contribution in [-0.4, -0.2) is 8.42 Å². The van der Waals surface area contributed by atoms with E-state index in [1.165, 1.54) is 24.3 Å². The molecule has 4 nitrogen and oxygen atoms in total. The van der Waals surface area contributed by atoms with Gasteiger partial charge in [0.05, 0.1) is 25.7 Å². The lowest BCUT2D eigenvalue weighted by Crippen LogP contribution is -2.37. The first-order valence-electron chi connectivity index (χ1n) is 5.33. The minimum atomic E-state index is -3.89. The number of hydrogen-bond donors (Lipinski definition) is 1. The van der Waals surface area contributed by atoms with Crippen molar-refractivity contribution in [1.29, 1.82) is 0 Å². The third-order valence-corrected chi connectivity index (χ3v) is 5.32. The van der Waals surface area contributed by atoms with Gasteiger partial charge >= 0.3 is 0 Å². The van der Waals surface area contributed by atoms with Gasteiger partial charge in [-0.25, -0.2) is 10.3 Å². The molecule has 0 aromatic heterocycles. The quantitative estimate of drug-likeness (QED) is 0.521. The van der Waals surface area contributed by atoms with Gasteiger partial charge < -0.3 is 0 Å². The van der Waals surface area contributed by atoms with Gasteiger partial charge in [0, 0.05) is 0 Å². The summed E-state index contributed by atoms with van der Waals surface area (Å²) in [5, 5.41) is 0.378. The van der Waals surface area contributed by atoms with Crippen LogP contribution in [0.5, 0.6) is 0 Å². The number of hydrogen-bond acceptors (Lipinski definition) is 3. The van der Waals surface area contributed by atoms with Crippen LogP contribution in [0.25, 0.3) is 0 Å². The lowest BCUT2D eigenvalue weighted by Gasteiger charge is -2.19. The Morgan fingerprint density at radius 3 is 1.95 bits per heavy atom. The van der Waals surface area contributed by atoms with Crippen LogP contribution in [0.1, 0.15) is 0 Å². The second-order valence-electron chi connectivity index (χ2n) is 3.84. The fourth-order valence-electron chi connectivity index (χ4n) is 1.51. The van der Waals surface area contributed by atoms with E-state index in [4.69, 9.17) is 40.6 Å². The Labute approximate surface area is 131 Å². The average Bonchev–Trinajstić information content (AvgIpc) is 2.44. The van der Waals surface area contributed by atoms with E-state index in [0.29, 0.717) is 4.41 Å². The van der Waals surface area contributed by atoms with E-state index >= 15 is 0 Å². The van der Waals surface area contributed by atoms with E-state index in [9.17, 15) is 8.42 Å². The summed E-state index contributed by atoms with van der Waals surface area (Å²) in [5.41, 5.74) is 0.119. The molecule has 0 saturated heterocycles. The number of sulfonamides is 1. The Bertz CT molecular complexity index is 713. The van der Waals surface area contributed by atoms with Crippen molar-refractivity contribution in [2.75, 3.05) is 4.41 Å². The average molecular weight is 352 g/mol. The third-order valence-electron chi connectivity index (χ3n) is 2.52. The number of nitrogens with two attached hydrogens (primary N) is 1. The molecule has 0 heterocycles. The summed E-state index contributed by atoms with van der Waals surface area (Å²) in [5.74, 6) is 5.68. The van der Waals surface area contributed by atoms with Crippen LogP contribution in [0, 0.1) is 0 Å². The Morgan fingerprint density at radius 2 is 1.45 bits per heavy atom. The van der Waals surface area contributed by atoms with Crippen molar-refractivity contribution >= 4 is 50.5 Å². The molecule has 20 heavy (non-hydrogen) atoms. The van der Waals surface area contributed by atoms with Gasteiger partial charge in [-0.15, -0.1) is 0 Å². The van der Waals surface area contributed by atoms with Gasteiger partial charge in [0.15, 0.2) is 0 Å². The molecule has 0 fully saturated rings. The molecule has 0 spiro atoms. The predicted molar refractivity (Wildman–Crippen MR) is 81.8 cm³/mol. The molecule has 106 valence electrons. The molecule has 0 saturated carbocycles. The molecule has 2 N–H and O–H groups in total. The van der Waals surface area contributed by atoms with Crippen molar-refractivity contribution in [3.05, 3.63) is 57.5 Å². The van der Waals surface area contributed by atoms with Crippen molar-refractivity contribution in [2.45, 2.75) is 4.90 Å². The lowest BCUT2D eigenvalue weighted by molar-refractivity contribution is 0.592. The zero-order valence-electron chi connectivity index (χ0n) is 9.92. The van der Waals surface area contributed by atoms with Crippen LogP contribution >= 0.6 is 34.8 Å². The molecule has 0 bridgehead atoms. The Hall–Kier alpha value is -0.980. The summed E-state index contributed by atoms with van der Waals surface area (Å²) in [6, 6.07) is 10.4. The number of halogens is 3. The molecular weight excluding hydrogens is 343 g/mol. The summed E-state index contributed by atoms with van der Waals surface area (Å²) in [6.45, 7) is 0. The summed E-state index contributed by atoms with van der Waals surface area (Å²) < 4.78 is 25.3. The molecule has 0 unspecified atom stereocenters. The minimum Gasteiger partial charge on any atom is -0.233 e. The number of anilines is 1. The maximum absolute atomic E-state index is 12.3. The van der Waals surface area contributed by atoms with Crippen molar-refractivity contribution in [2.24, 2.45) is 5.84 Å². The molecule has 0 amide bonds. The van der Waals surface area contributed by atoms with Crippen LogP contribution in [0.15, 0.2) is 47.4 Å². The molecule has 2 aromatic rings. The van der Waals surface area contributed by atoms with Crippen molar-refractivity contribution in [1.82, 2.24) is 0 Å². The van der Waals surface area contributed by atoms with E-state index in [1.54, 1.807) is 18.2 Å². The van der Waals surface area contributed by atoms with Gasteiger partial charge in [0.25, 0.3) is 10.0 Å². The highest BCUT2D eigenvalue weighted by atomic mass is 35.5. The highest BCUT2D eigenvalue weighted by Gasteiger charge is 2.23. The molecule has 0 aliphatic heterocycles. The van der Waals surface area contributed by atoms with Gasteiger partial charge in [-0.05, 0) is 24.3 Å². The SMILES string of the molecule is NN(c1cc(Cl)c(Cl)c(Cl)c1)S(=O)(=O)c1ccccc1. The highest BCUT2D eigenvalue weighted by molar-refractivity contribution is 7.92. The fourth-order valence-corrected chi connectivity index (χ4v) is 3.21. The summed E-state index contributed by atoms with van der Waals surface area (Å²) in [7, 11) is -3.89. The van der Waals surface area contributed by atoms with E-state index < -0.39 is 10.0 Å². The smallest absolute Gasteiger partial charge is 0.233 e. The highest BCUT2D eigenvalue weighted by Crippen LogP contribution is 2.35. The van der Waals surface area contributed by atoms with Crippen LogP contribution in [0.2, 0.25) is 15.1 Å². The molecular formula is C12H9Cl3N2O2S.